The molecule has 1 N–H and O–H groups in total. The van der Waals surface area contributed by atoms with Crippen molar-refractivity contribution >= 4 is 0 Å². The highest BCUT2D eigenvalue weighted by molar-refractivity contribution is 5.33. The van der Waals surface area contributed by atoms with Crippen LogP contribution in [0.15, 0.2) is 24.3 Å². The van der Waals surface area contributed by atoms with Crippen molar-refractivity contribution in [3.05, 3.63) is 29.8 Å². The minimum atomic E-state index is 0.782. The number of likely N-dealkylation sites (tertiary alicyclic amines) is 1. The molecule has 2 atom stereocenters. The van der Waals surface area contributed by atoms with E-state index in [1.54, 1.807) is 0 Å². The van der Waals surface area contributed by atoms with Crippen molar-refractivity contribution < 1.29 is 4.74 Å². The number of nitrogens with one attached hydrogen (secondary N) is 1. The Labute approximate surface area is 129 Å². The lowest BCUT2D eigenvalue weighted by atomic mass is 10.0. The Morgan fingerprint density at radius 3 is 2.62 bits per heavy atom. The van der Waals surface area contributed by atoms with E-state index in [4.69, 9.17) is 4.74 Å². The summed E-state index contributed by atoms with van der Waals surface area (Å²) in [6, 6.07) is 8.37. The predicted molar refractivity (Wildman–Crippen MR) is 88.7 cm³/mol. The highest BCUT2D eigenvalue weighted by Crippen LogP contribution is 2.22. The second kappa shape index (κ2) is 8.40. The van der Waals surface area contributed by atoms with Crippen molar-refractivity contribution in [3.63, 3.8) is 0 Å². The maximum atomic E-state index is 6.02. The molecule has 1 aliphatic rings. The largest absolute Gasteiger partial charge is 0.492 e. The molecule has 1 saturated heterocycles. The second-order valence-corrected chi connectivity index (χ2v) is 6.35. The summed E-state index contributed by atoms with van der Waals surface area (Å²) in [5.41, 5.74) is 1.26. The molecule has 3 heteroatoms. The summed E-state index contributed by atoms with van der Waals surface area (Å²) in [5, 5.41) is 3.44. The van der Waals surface area contributed by atoms with E-state index in [-0.39, 0.29) is 0 Å². The Hall–Kier alpha value is -1.06. The summed E-state index contributed by atoms with van der Waals surface area (Å²) in [5.74, 6) is 2.66. The van der Waals surface area contributed by atoms with Crippen LogP contribution in [0, 0.1) is 11.8 Å². The van der Waals surface area contributed by atoms with Gasteiger partial charge in [-0.2, -0.15) is 0 Å². The number of benzene rings is 1. The van der Waals surface area contributed by atoms with Crippen LogP contribution in [0.5, 0.6) is 5.75 Å². The third kappa shape index (κ3) is 5.01. The zero-order chi connectivity index (χ0) is 15.1. The number of hydrogen-bond acceptors (Lipinski definition) is 3. The van der Waals surface area contributed by atoms with Gasteiger partial charge < -0.3 is 10.1 Å². The molecule has 1 aliphatic heterocycles. The van der Waals surface area contributed by atoms with E-state index in [9.17, 15) is 0 Å². The van der Waals surface area contributed by atoms with Crippen LogP contribution in [-0.2, 0) is 6.54 Å². The maximum Gasteiger partial charge on any atom is 0.123 e. The van der Waals surface area contributed by atoms with E-state index in [1.807, 2.05) is 0 Å². The van der Waals surface area contributed by atoms with Crippen LogP contribution in [0.3, 0.4) is 0 Å². The molecular weight excluding hydrogens is 260 g/mol. The van der Waals surface area contributed by atoms with Crippen LogP contribution >= 0.6 is 0 Å². The molecule has 2 unspecified atom stereocenters. The Morgan fingerprint density at radius 2 is 1.90 bits per heavy atom. The molecule has 1 aromatic rings. The normalized spacial score (nSPS) is 22.6. The summed E-state index contributed by atoms with van der Waals surface area (Å²) >= 11 is 0. The molecular formula is C18H30N2O. The van der Waals surface area contributed by atoms with Crippen LogP contribution in [-0.4, -0.2) is 37.7 Å². The van der Waals surface area contributed by atoms with Gasteiger partial charge in [0.15, 0.2) is 0 Å². The van der Waals surface area contributed by atoms with Crippen molar-refractivity contribution in [1.29, 1.82) is 0 Å². The van der Waals surface area contributed by atoms with Gasteiger partial charge >= 0.3 is 0 Å². The molecule has 118 valence electrons. The number of ether oxygens (including phenoxy) is 1. The fourth-order valence-corrected chi connectivity index (χ4v) is 2.91. The molecule has 0 spiro atoms. The topological polar surface area (TPSA) is 24.5 Å². The molecule has 0 aromatic heterocycles. The van der Waals surface area contributed by atoms with E-state index < -0.39 is 0 Å². The Kier molecular flexibility index (Phi) is 6.52. The Morgan fingerprint density at radius 1 is 1.19 bits per heavy atom. The van der Waals surface area contributed by atoms with Crippen molar-refractivity contribution in [1.82, 2.24) is 10.2 Å². The highest BCUT2D eigenvalue weighted by Gasteiger charge is 2.25. The quantitative estimate of drug-likeness (QED) is 0.744. The number of rotatable bonds is 8. The summed E-state index contributed by atoms with van der Waals surface area (Å²) in [6.07, 6.45) is 1.16. The summed E-state index contributed by atoms with van der Waals surface area (Å²) in [6.45, 7) is 13.1. The van der Waals surface area contributed by atoms with E-state index in [0.29, 0.717) is 0 Å². The average molecular weight is 290 g/mol. The Balaban J connectivity index is 1.77. The fraction of sp³-hybridized carbons (Fsp3) is 0.667. The van der Waals surface area contributed by atoms with Gasteiger partial charge in [0.05, 0.1) is 0 Å². The lowest BCUT2D eigenvalue weighted by Crippen LogP contribution is -2.26. The van der Waals surface area contributed by atoms with Crippen molar-refractivity contribution in [2.24, 2.45) is 11.8 Å². The van der Waals surface area contributed by atoms with Crippen molar-refractivity contribution in [2.45, 2.75) is 33.7 Å². The zero-order valence-electron chi connectivity index (χ0n) is 13.8. The predicted octanol–water partition coefficient (Wildman–Crippen LogP) is 3.15. The monoisotopic (exact) mass is 290 g/mol. The van der Waals surface area contributed by atoms with Crippen molar-refractivity contribution in [2.75, 3.05) is 32.8 Å². The van der Waals surface area contributed by atoms with Gasteiger partial charge in [0.1, 0.15) is 12.4 Å². The molecule has 0 bridgehead atoms. The van der Waals surface area contributed by atoms with Crippen LogP contribution in [0.4, 0.5) is 0 Å². The van der Waals surface area contributed by atoms with E-state index in [1.165, 1.54) is 18.7 Å². The third-order valence-corrected chi connectivity index (χ3v) is 4.44. The van der Waals surface area contributed by atoms with Crippen LogP contribution in [0.25, 0.3) is 0 Å². The zero-order valence-corrected chi connectivity index (χ0v) is 13.8. The molecule has 0 amide bonds. The molecule has 0 saturated carbocycles. The molecule has 1 heterocycles. The van der Waals surface area contributed by atoms with Crippen molar-refractivity contribution in [3.8, 4) is 5.75 Å². The van der Waals surface area contributed by atoms with Gasteiger partial charge in [0, 0.05) is 31.7 Å². The first-order chi connectivity index (χ1) is 10.2. The number of nitrogens with zero attached hydrogens (tertiary/aromatic N) is 1. The number of hydrogen-bond donors (Lipinski definition) is 1. The average Bonchev–Trinajstić information content (AvgIpc) is 2.79. The van der Waals surface area contributed by atoms with Crippen LogP contribution in [0.2, 0.25) is 0 Å². The fourth-order valence-electron chi connectivity index (χ4n) is 2.91. The van der Waals surface area contributed by atoms with E-state index in [0.717, 1.165) is 50.2 Å². The second-order valence-electron chi connectivity index (χ2n) is 6.35. The molecule has 0 radical (unpaired) electrons. The third-order valence-electron chi connectivity index (χ3n) is 4.44. The Bertz CT molecular complexity index is 411. The molecule has 0 aliphatic carbocycles. The van der Waals surface area contributed by atoms with Gasteiger partial charge in [-0.1, -0.05) is 39.0 Å². The molecule has 1 fully saturated rings. The number of para-hydroxylation sites is 1. The molecule has 2 rings (SSSR count). The van der Waals surface area contributed by atoms with Gasteiger partial charge in [-0.25, -0.2) is 0 Å². The van der Waals surface area contributed by atoms with Crippen LogP contribution < -0.4 is 10.1 Å². The van der Waals surface area contributed by atoms with E-state index >= 15 is 0 Å². The summed E-state index contributed by atoms with van der Waals surface area (Å²) in [4.78, 5) is 2.52. The SMILES string of the molecule is CCCNCc1ccccc1OCCN1CC(C)C(C)C1. The first-order valence-electron chi connectivity index (χ1n) is 8.34. The van der Waals surface area contributed by atoms with Gasteiger partial charge in [-0.15, -0.1) is 0 Å². The van der Waals surface area contributed by atoms with Gasteiger partial charge in [-0.3, -0.25) is 4.90 Å². The first-order valence-corrected chi connectivity index (χ1v) is 8.34. The van der Waals surface area contributed by atoms with Crippen LogP contribution in [0.1, 0.15) is 32.8 Å². The van der Waals surface area contributed by atoms with E-state index in [2.05, 4.69) is 55.3 Å². The summed E-state index contributed by atoms with van der Waals surface area (Å²) < 4.78 is 6.02. The smallest absolute Gasteiger partial charge is 0.123 e. The maximum absolute atomic E-state index is 6.02. The first kappa shape index (κ1) is 16.3. The standard InChI is InChI=1S/C18H30N2O/c1-4-9-19-12-17-7-5-6-8-18(17)21-11-10-20-13-15(2)16(3)14-20/h5-8,15-16,19H,4,9-14H2,1-3H3. The summed E-state index contributed by atoms with van der Waals surface area (Å²) in [7, 11) is 0. The lowest BCUT2D eigenvalue weighted by Gasteiger charge is -2.17. The minimum absolute atomic E-state index is 0.782. The van der Waals surface area contributed by atoms with Gasteiger partial charge in [0.2, 0.25) is 0 Å². The highest BCUT2D eigenvalue weighted by atomic mass is 16.5. The van der Waals surface area contributed by atoms with Gasteiger partial charge in [-0.05, 0) is 30.9 Å². The molecule has 21 heavy (non-hydrogen) atoms. The van der Waals surface area contributed by atoms with Gasteiger partial charge in [0.25, 0.3) is 0 Å². The molecule has 3 nitrogen and oxygen atoms in total. The minimum Gasteiger partial charge on any atom is -0.492 e. The molecule has 1 aromatic carbocycles. The lowest BCUT2D eigenvalue weighted by molar-refractivity contribution is 0.230.